The molecule has 0 spiro atoms. The van der Waals surface area contributed by atoms with Crippen LogP contribution >= 0.6 is 0 Å². The summed E-state index contributed by atoms with van der Waals surface area (Å²) >= 11 is 0. The third-order valence-electron chi connectivity index (χ3n) is 11.6. The van der Waals surface area contributed by atoms with Gasteiger partial charge in [-0.3, -0.25) is 0 Å². The highest BCUT2D eigenvalue weighted by Crippen LogP contribution is 2.46. The van der Waals surface area contributed by atoms with E-state index in [1.807, 2.05) is 47.0 Å². The van der Waals surface area contributed by atoms with E-state index in [0.29, 0.717) is 37.2 Å². The predicted molar refractivity (Wildman–Crippen MR) is 213 cm³/mol. The minimum atomic E-state index is -0.487. The van der Waals surface area contributed by atoms with Gasteiger partial charge >= 0.3 is 6.09 Å². The second-order valence-electron chi connectivity index (χ2n) is 17.1. The molecular formula is C45H60N4O6. The first kappa shape index (κ1) is 39.3. The molecule has 2 aromatic carbocycles. The Kier molecular flexibility index (Phi) is 12.1. The standard InChI is InChI=1S/C25H34N2O4.C20H26N2O2/c1-16-8-6-7-9-20(16)22-21(23(31-26-22)17-10-11-17)15-29-19-13-12-18(14-19)27(5)24(28)30-25(2,3)4;1-13-5-3-4-6-17(13)19-18(20(24-22-19)14-7-8-14)12-23-16-10-9-15(11-16)21-2/h6-9,17-19H,10-15H2,1-5H3;3-6,14-16,21H,7-12H2,1-2H3/t18-,19+;15-,16+/m11/s1. The Balaban J connectivity index is 0.000000174. The van der Waals surface area contributed by atoms with Gasteiger partial charge in [-0.25, -0.2) is 4.79 Å². The number of nitrogens with zero attached hydrogens (tertiary/aromatic N) is 3. The highest BCUT2D eigenvalue weighted by molar-refractivity contribution is 5.69. The van der Waals surface area contributed by atoms with Crippen LogP contribution in [-0.2, 0) is 27.4 Å². The number of aromatic nitrogens is 2. The SMILES string of the molecule is CN[C@@H]1CC[C@H](OCc2c(-c3ccccc3C)noc2C2CC2)C1.Cc1ccccc1-c1noc(C2CC2)c1CO[C@H]1CC[C@@H](N(C)C(=O)OC(C)(C)C)C1. The zero-order chi connectivity index (χ0) is 38.7. The fraction of sp³-hybridized carbons (Fsp3) is 0.578. The van der Waals surface area contributed by atoms with Crippen LogP contribution in [0.2, 0.25) is 0 Å². The van der Waals surface area contributed by atoms with Gasteiger partial charge in [0.05, 0.1) is 25.4 Å². The van der Waals surface area contributed by atoms with Gasteiger partial charge < -0.3 is 33.5 Å². The minimum Gasteiger partial charge on any atom is -0.444 e. The van der Waals surface area contributed by atoms with Gasteiger partial charge in [-0.05, 0) is 117 Å². The number of hydrogen-bond acceptors (Lipinski definition) is 9. The smallest absolute Gasteiger partial charge is 0.410 e. The summed E-state index contributed by atoms with van der Waals surface area (Å²) in [6, 6.07) is 17.4. The number of nitrogens with one attached hydrogen (secondary N) is 1. The lowest BCUT2D eigenvalue weighted by molar-refractivity contribution is 0.0167. The first-order valence-corrected chi connectivity index (χ1v) is 20.4. The molecule has 0 unspecified atom stereocenters. The highest BCUT2D eigenvalue weighted by Gasteiger charge is 2.36. The fourth-order valence-corrected chi connectivity index (χ4v) is 8.02. The predicted octanol–water partition coefficient (Wildman–Crippen LogP) is 10.0. The lowest BCUT2D eigenvalue weighted by atomic mass is 10.0. The molecule has 2 aromatic heterocycles. The summed E-state index contributed by atoms with van der Waals surface area (Å²) in [5, 5.41) is 12.2. The molecular weight excluding hydrogens is 693 g/mol. The first-order chi connectivity index (χ1) is 26.5. The van der Waals surface area contributed by atoms with E-state index < -0.39 is 5.60 Å². The monoisotopic (exact) mass is 752 g/mol. The van der Waals surface area contributed by atoms with E-state index >= 15 is 0 Å². The van der Waals surface area contributed by atoms with Gasteiger partial charge in [0.2, 0.25) is 0 Å². The van der Waals surface area contributed by atoms with Crippen LogP contribution in [0.1, 0.15) is 131 Å². The second-order valence-corrected chi connectivity index (χ2v) is 17.1. The number of rotatable bonds is 12. The molecule has 1 N–H and O–H groups in total. The summed E-state index contributed by atoms with van der Waals surface area (Å²) in [7, 11) is 3.86. The molecule has 0 bridgehead atoms. The number of carbonyl (C=O) groups excluding carboxylic acids is 1. The van der Waals surface area contributed by atoms with Crippen molar-refractivity contribution in [1.82, 2.24) is 20.5 Å². The summed E-state index contributed by atoms with van der Waals surface area (Å²) < 4.78 is 29.7. The Hall–Kier alpha value is -3.99. The Bertz CT molecular complexity index is 1900. The van der Waals surface area contributed by atoms with Gasteiger partial charge in [0.1, 0.15) is 28.5 Å². The van der Waals surface area contributed by atoms with Gasteiger partial charge in [-0.2, -0.15) is 0 Å². The Morgan fingerprint density at radius 2 is 1.24 bits per heavy atom. The quantitative estimate of drug-likeness (QED) is 0.151. The van der Waals surface area contributed by atoms with E-state index in [4.69, 9.17) is 23.3 Å². The van der Waals surface area contributed by atoms with Gasteiger partial charge in [0.25, 0.3) is 0 Å². The van der Waals surface area contributed by atoms with Crippen LogP contribution in [0.5, 0.6) is 0 Å². The van der Waals surface area contributed by atoms with Crippen molar-refractivity contribution in [3.8, 4) is 22.5 Å². The largest absolute Gasteiger partial charge is 0.444 e. The molecule has 55 heavy (non-hydrogen) atoms. The molecule has 4 fully saturated rings. The average molecular weight is 753 g/mol. The maximum atomic E-state index is 12.4. The Morgan fingerprint density at radius 1 is 0.745 bits per heavy atom. The van der Waals surface area contributed by atoms with Gasteiger partial charge in [-0.15, -0.1) is 0 Å². The van der Waals surface area contributed by atoms with Crippen molar-refractivity contribution >= 4 is 6.09 Å². The fourth-order valence-electron chi connectivity index (χ4n) is 8.02. The molecule has 1 amide bonds. The molecule has 4 aliphatic rings. The number of ether oxygens (including phenoxy) is 3. The molecule has 10 heteroatoms. The summed E-state index contributed by atoms with van der Waals surface area (Å²) in [5.41, 5.74) is 8.31. The summed E-state index contributed by atoms with van der Waals surface area (Å²) in [6.45, 7) is 11.0. The van der Waals surface area contributed by atoms with E-state index in [-0.39, 0.29) is 18.2 Å². The van der Waals surface area contributed by atoms with Crippen molar-refractivity contribution in [3.63, 3.8) is 0 Å². The van der Waals surface area contributed by atoms with Crippen molar-refractivity contribution in [3.05, 3.63) is 82.3 Å². The van der Waals surface area contributed by atoms with Crippen LogP contribution in [0.25, 0.3) is 22.5 Å². The number of benzene rings is 2. The van der Waals surface area contributed by atoms with E-state index in [1.165, 1.54) is 36.0 Å². The minimum absolute atomic E-state index is 0.113. The molecule has 4 saturated carbocycles. The molecule has 10 nitrogen and oxygen atoms in total. The molecule has 296 valence electrons. The molecule has 4 atom stereocenters. The van der Waals surface area contributed by atoms with E-state index in [0.717, 1.165) is 84.5 Å². The number of carbonyl (C=O) groups is 1. The lowest BCUT2D eigenvalue weighted by Gasteiger charge is -2.28. The molecule has 0 radical (unpaired) electrons. The molecule has 8 rings (SSSR count). The number of amides is 1. The second kappa shape index (κ2) is 17.0. The zero-order valence-corrected chi connectivity index (χ0v) is 33.9. The molecule has 4 aliphatic carbocycles. The van der Waals surface area contributed by atoms with Crippen LogP contribution in [0.3, 0.4) is 0 Å². The van der Waals surface area contributed by atoms with Crippen molar-refractivity contribution in [2.24, 2.45) is 0 Å². The van der Waals surface area contributed by atoms with E-state index in [1.54, 1.807) is 4.90 Å². The first-order valence-electron chi connectivity index (χ1n) is 20.4. The van der Waals surface area contributed by atoms with Gasteiger partial charge in [0.15, 0.2) is 0 Å². The topological polar surface area (TPSA) is 112 Å². The Labute approximate surface area is 326 Å². The highest BCUT2D eigenvalue weighted by atomic mass is 16.6. The molecule has 2 heterocycles. The van der Waals surface area contributed by atoms with Gasteiger partial charge in [0, 0.05) is 53.2 Å². The molecule has 4 aromatic rings. The van der Waals surface area contributed by atoms with Crippen molar-refractivity contribution in [2.75, 3.05) is 14.1 Å². The van der Waals surface area contributed by atoms with Crippen LogP contribution in [0, 0.1) is 13.8 Å². The molecule has 0 saturated heterocycles. The van der Waals surface area contributed by atoms with E-state index in [2.05, 4.69) is 65.9 Å². The van der Waals surface area contributed by atoms with Crippen molar-refractivity contribution in [1.29, 1.82) is 0 Å². The van der Waals surface area contributed by atoms with Crippen molar-refractivity contribution < 1.29 is 28.1 Å². The summed E-state index contributed by atoms with van der Waals surface area (Å²) in [4.78, 5) is 14.1. The van der Waals surface area contributed by atoms with Crippen LogP contribution in [0.4, 0.5) is 4.79 Å². The number of aryl methyl sites for hydroxylation is 2. The maximum Gasteiger partial charge on any atom is 0.410 e. The van der Waals surface area contributed by atoms with Crippen LogP contribution < -0.4 is 5.32 Å². The summed E-state index contributed by atoms with van der Waals surface area (Å²) in [5.74, 6) is 3.05. The zero-order valence-electron chi connectivity index (χ0n) is 33.9. The molecule has 0 aliphatic heterocycles. The average Bonchev–Trinajstić information content (AvgIpc) is 3.97. The van der Waals surface area contributed by atoms with Gasteiger partial charge in [-0.1, -0.05) is 58.8 Å². The Morgan fingerprint density at radius 3 is 1.69 bits per heavy atom. The van der Waals surface area contributed by atoms with E-state index in [9.17, 15) is 4.79 Å². The lowest BCUT2D eigenvalue weighted by Crippen LogP contribution is -2.39. The normalized spacial score (nSPS) is 22.4. The van der Waals surface area contributed by atoms with Crippen LogP contribution in [0.15, 0.2) is 57.6 Å². The number of hydrogen-bond donors (Lipinski definition) is 1. The summed E-state index contributed by atoms with van der Waals surface area (Å²) in [6.07, 6.45) is 11.0. The third kappa shape index (κ3) is 9.70. The third-order valence-corrected chi connectivity index (χ3v) is 11.6. The van der Waals surface area contributed by atoms with Crippen molar-refractivity contribution in [2.45, 2.75) is 154 Å². The maximum absolute atomic E-state index is 12.4. The van der Waals surface area contributed by atoms with Crippen LogP contribution in [-0.4, -0.2) is 65.3 Å².